The van der Waals surface area contributed by atoms with Crippen LogP contribution < -0.4 is 5.32 Å². The largest absolute Gasteiger partial charge is 0.481 e. The maximum absolute atomic E-state index is 12.0. The number of nitrogens with zero attached hydrogens (tertiary/aromatic N) is 1. The Morgan fingerprint density at radius 1 is 1.50 bits per heavy atom. The molecule has 1 fully saturated rings. The van der Waals surface area contributed by atoms with Crippen molar-refractivity contribution in [3.05, 3.63) is 16.6 Å². The highest BCUT2D eigenvalue weighted by atomic mass is 32.1. The van der Waals surface area contributed by atoms with Gasteiger partial charge in [-0.3, -0.25) is 9.59 Å². The summed E-state index contributed by atoms with van der Waals surface area (Å²) in [7, 11) is 0. The Labute approximate surface area is 109 Å². The van der Waals surface area contributed by atoms with Crippen molar-refractivity contribution in [2.45, 2.75) is 32.2 Å². The molecule has 0 aliphatic heterocycles. The lowest BCUT2D eigenvalue weighted by Crippen LogP contribution is -2.32. The number of thiazole rings is 1. The summed E-state index contributed by atoms with van der Waals surface area (Å²) >= 11 is 1.50. The van der Waals surface area contributed by atoms with E-state index in [0.29, 0.717) is 19.3 Å². The molecule has 0 spiro atoms. The summed E-state index contributed by atoms with van der Waals surface area (Å²) < 4.78 is 0. The van der Waals surface area contributed by atoms with E-state index in [4.69, 9.17) is 5.11 Å². The van der Waals surface area contributed by atoms with Gasteiger partial charge in [0.15, 0.2) is 0 Å². The number of amides is 1. The highest BCUT2D eigenvalue weighted by Gasteiger charge is 2.34. The van der Waals surface area contributed by atoms with Crippen LogP contribution >= 0.6 is 11.3 Å². The highest BCUT2D eigenvalue weighted by molar-refractivity contribution is 7.09. The van der Waals surface area contributed by atoms with Gasteiger partial charge in [-0.1, -0.05) is 0 Å². The molecule has 0 saturated heterocycles. The molecule has 1 aromatic rings. The van der Waals surface area contributed by atoms with Crippen LogP contribution in [0.3, 0.4) is 0 Å². The van der Waals surface area contributed by atoms with Gasteiger partial charge in [0.05, 0.1) is 12.0 Å². The van der Waals surface area contributed by atoms with Gasteiger partial charge in [-0.05, 0) is 26.2 Å². The fourth-order valence-electron chi connectivity index (χ4n) is 2.29. The quantitative estimate of drug-likeness (QED) is 0.873. The number of nitrogens with one attached hydrogen (secondary N) is 1. The normalized spacial score (nSPS) is 24.7. The van der Waals surface area contributed by atoms with Gasteiger partial charge in [-0.15, -0.1) is 11.3 Å². The highest BCUT2D eigenvalue weighted by Crippen LogP contribution is 2.31. The predicted molar refractivity (Wildman–Crippen MR) is 67.1 cm³/mol. The Morgan fingerprint density at radius 3 is 2.78 bits per heavy atom. The van der Waals surface area contributed by atoms with Crippen LogP contribution in [0.4, 0.5) is 0 Å². The molecule has 1 amide bonds. The van der Waals surface area contributed by atoms with Crippen molar-refractivity contribution in [2.75, 3.05) is 0 Å². The first kappa shape index (κ1) is 13.0. The van der Waals surface area contributed by atoms with Crippen LogP contribution in [-0.4, -0.2) is 22.0 Å². The van der Waals surface area contributed by atoms with E-state index in [0.717, 1.165) is 5.01 Å². The van der Waals surface area contributed by atoms with E-state index in [9.17, 15) is 9.59 Å². The number of aromatic nitrogens is 1. The van der Waals surface area contributed by atoms with E-state index in [2.05, 4.69) is 10.3 Å². The van der Waals surface area contributed by atoms with Crippen LogP contribution in [0.2, 0.25) is 0 Å². The molecule has 5 nitrogen and oxygen atoms in total. The summed E-state index contributed by atoms with van der Waals surface area (Å²) in [5, 5.41) is 14.5. The second kappa shape index (κ2) is 5.48. The monoisotopic (exact) mass is 268 g/mol. The van der Waals surface area contributed by atoms with Crippen molar-refractivity contribution < 1.29 is 14.7 Å². The summed E-state index contributed by atoms with van der Waals surface area (Å²) in [5.74, 6) is -1.39. The minimum atomic E-state index is -0.793. The van der Waals surface area contributed by atoms with Gasteiger partial charge in [0.2, 0.25) is 5.91 Å². The van der Waals surface area contributed by atoms with Gasteiger partial charge in [0.25, 0.3) is 0 Å². The first-order chi connectivity index (χ1) is 8.58. The number of carboxylic acids is 1. The number of carboxylic acid groups (broad SMARTS) is 1. The molecule has 2 N–H and O–H groups in total. The second-order valence-corrected chi connectivity index (χ2v) is 5.57. The van der Waals surface area contributed by atoms with Crippen LogP contribution in [-0.2, 0) is 9.59 Å². The lowest BCUT2D eigenvalue weighted by molar-refractivity contribution is -0.141. The van der Waals surface area contributed by atoms with Gasteiger partial charge in [0.1, 0.15) is 5.01 Å². The molecule has 18 heavy (non-hydrogen) atoms. The topological polar surface area (TPSA) is 79.3 Å². The molecule has 1 aliphatic rings. The van der Waals surface area contributed by atoms with Crippen molar-refractivity contribution in [3.63, 3.8) is 0 Å². The van der Waals surface area contributed by atoms with Crippen molar-refractivity contribution in [1.29, 1.82) is 0 Å². The maximum Gasteiger partial charge on any atom is 0.306 e. The first-order valence-electron chi connectivity index (χ1n) is 6.00. The molecule has 98 valence electrons. The standard InChI is InChI=1S/C12H16N2O3S/c1-7(11-13-4-5-18-11)14-10(15)8-2-3-9(6-8)12(16)17/h4-5,7-9H,2-3,6H2,1H3,(H,14,15)(H,16,17). The third-order valence-corrected chi connectivity index (χ3v) is 4.29. The molecule has 6 heteroatoms. The van der Waals surface area contributed by atoms with E-state index < -0.39 is 5.97 Å². The molecule has 1 aliphatic carbocycles. The summed E-state index contributed by atoms with van der Waals surface area (Å²) in [6.45, 7) is 1.89. The van der Waals surface area contributed by atoms with Crippen molar-refractivity contribution >= 4 is 23.2 Å². The minimum Gasteiger partial charge on any atom is -0.481 e. The third kappa shape index (κ3) is 2.87. The van der Waals surface area contributed by atoms with Crippen molar-refractivity contribution in [2.24, 2.45) is 11.8 Å². The summed E-state index contributed by atoms with van der Waals surface area (Å²) in [4.78, 5) is 27.0. The molecular formula is C12H16N2O3S. The van der Waals surface area contributed by atoms with E-state index >= 15 is 0 Å². The van der Waals surface area contributed by atoms with Gasteiger partial charge in [0, 0.05) is 17.5 Å². The molecule has 3 atom stereocenters. The first-order valence-corrected chi connectivity index (χ1v) is 6.88. The van der Waals surface area contributed by atoms with E-state index in [-0.39, 0.29) is 23.8 Å². The molecule has 2 rings (SSSR count). The minimum absolute atomic E-state index is 0.0542. The molecule has 1 aromatic heterocycles. The van der Waals surface area contributed by atoms with Crippen molar-refractivity contribution in [3.8, 4) is 0 Å². The molecule has 0 radical (unpaired) electrons. The third-order valence-electron chi connectivity index (χ3n) is 3.33. The summed E-state index contributed by atoms with van der Waals surface area (Å²) in [6.07, 6.45) is 3.41. The molecule has 1 saturated carbocycles. The lowest BCUT2D eigenvalue weighted by Gasteiger charge is -2.15. The SMILES string of the molecule is CC(NC(=O)C1CCC(C(=O)O)C1)c1nccs1. The Balaban J connectivity index is 1.87. The summed E-state index contributed by atoms with van der Waals surface area (Å²) in [6, 6.07) is -0.110. The number of carbonyl (C=O) groups excluding carboxylic acids is 1. The van der Waals surface area contributed by atoms with Gasteiger partial charge in [-0.25, -0.2) is 4.98 Å². The molecule has 0 aromatic carbocycles. The van der Waals surface area contributed by atoms with E-state index in [1.807, 2.05) is 12.3 Å². The smallest absolute Gasteiger partial charge is 0.306 e. The number of aliphatic carboxylic acids is 1. The summed E-state index contributed by atoms with van der Waals surface area (Å²) in [5.41, 5.74) is 0. The van der Waals surface area contributed by atoms with E-state index in [1.165, 1.54) is 11.3 Å². The van der Waals surface area contributed by atoms with Crippen LogP contribution in [0.25, 0.3) is 0 Å². The van der Waals surface area contributed by atoms with Gasteiger partial charge >= 0.3 is 5.97 Å². The zero-order valence-corrected chi connectivity index (χ0v) is 10.9. The zero-order chi connectivity index (χ0) is 13.1. The predicted octanol–water partition coefficient (Wildman–Crippen LogP) is 1.82. The van der Waals surface area contributed by atoms with E-state index in [1.54, 1.807) is 6.20 Å². The number of carbonyl (C=O) groups is 2. The van der Waals surface area contributed by atoms with Crippen LogP contribution in [0.1, 0.15) is 37.2 Å². The Kier molecular flexibility index (Phi) is 3.96. The Morgan fingerprint density at radius 2 is 2.22 bits per heavy atom. The molecule has 1 heterocycles. The van der Waals surface area contributed by atoms with Crippen LogP contribution in [0.15, 0.2) is 11.6 Å². The fraction of sp³-hybridized carbons (Fsp3) is 0.583. The Hall–Kier alpha value is -1.43. The molecule has 3 unspecified atom stereocenters. The second-order valence-electron chi connectivity index (χ2n) is 4.65. The fourth-order valence-corrected chi connectivity index (χ4v) is 2.93. The number of hydrogen-bond donors (Lipinski definition) is 2. The zero-order valence-electron chi connectivity index (χ0n) is 10.1. The number of hydrogen-bond acceptors (Lipinski definition) is 4. The van der Waals surface area contributed by atoms with Crippen LogP contribution in [0.5, 0.6) is 0 Å². The lowest BCUT2D eigenvalue weighted by atomic mass is 10.0. The molecular weight excluding hydrogens is 252 g/mol. The average Bonchev–Trinajstić information content (AvgIpc) is 3.00. The van der Waals surface area contributed by atoms with Crippen LogP contribution in [0, 0.1) is 11.8 Å². The number of rotatable bonds is 4. The van der Waals surface area contributed by atoms with Gasteiger partial charge in [-0.2, -0.15) is 0 Å². The molecule has 0 bridgehead atoms. The average molecular weight is 268 g/mol. The van der Waals surface area contributed by atoms with Gasteiger partial charge < -0.3 is 10.4 Å². The Bertz CT molecular complexity index is 433. The maximum atomic E-state index is 12.0. The van der Waals surface area contributed by atoms with Crippen molar-refractivity contribution in [1.82, 2.24) is 10.3 Å².